The van der Waals surface area contributed by atoms with Crippen molar-refractivity contribution >= 4 is 11.4 Å². The maximum Gasteiger partial charge on any atom is 0.0606 e. The van der Waals surface area contributed by atoms with Gasteiger partial charge in [0.1, 0.15) is 0 Å². The van der Waals surface area contributed by atoms with Crippen LogP contribution < -0.4 is 5.32 Å². The number of hydrogen-bond donors (Lipinski definition) is 1. The molecule has 3 rings (SSSR count). The van der Waals surface area contributed by atoms with E-state index in [0.29, 0.717) is 0 Å². The largest absolute Gasteiger partial charge is 0.354 e. The molecule has 1 aliphatic carbocycles. The second-order valence-electron chi connectivity index (χ2n) is 5.42. The topological polar surface area (TPSA) is 24.9 Å². The lowest BCUT2D eigenvalue weighted by atomic mass is 9.90. The van der Waals surface area contributed by atoms with E-state index in [0.717, 1.165) is 5.69 Å². The summed E-state index contributed by atoms with van der Waals surface area (Å²) in [6.07, 6.45) is 6.93. The number of pyridine rings is 1. The molecule has 2 nitrogen and oxygen atoms in total. The van der Waals surface area contributed by atoms with E-state index in [2.05, 4.69) is 48.4 Å². The zero-order chi connectivity index (χ0) is 13.2. The first-order valence-electron chi connectivity index (χ1n) is 7.05. The normalized spacial score (nSPS) is 14.0. The van der Waals surface area contributed by atoms with Crippen molar-refractivity contribution in [3.8, 4) is 0 Å². The van der Waals surface area contributed by atoms with Gasteiger partial charge in [-0.15, -0.1) is 0 Å². The molecular weight excluding hydrogens is 232 g/mol. The van der Waals surface area contributed by atoms with Crippen LogP contribution in [-0.4, -0.2) is 4.98 Å². The molecular formula is C17H20N2. The minimum absolute atomic E-state index is 1.15. The van der Waals surface area contributed by atoms with Crippen LogP contribution in [0.4, 0.5) is 11.4 Å². The number of nitrogens with zero attached hydrogens (tertiary/aromatic N) is 1. The SMILES string of the molecule is Cc1cccc(Nc2cnc(C)c3c2CCCC3)c1. The Morgan fingerprint density at radius 2 is 1.84 bits per heavy atom. The van der Waals surface area contributed by atoms with Gasteiger partial charge in [-0.3, -0.25) is 4.98 Å². The molecule has 0 spiro atoms. The van der Waals surface area contributed by atoms with Crippen molar-refractivity contribution in [2.75, 3.05) is 5.32 Å². The molecule has 1 aliphatic rings. The van der Waals surface area contributed by atoms with Gasteiger partial charge in [-0.25, -0.2) is 0 Å². The number of benzene rings is 1. The highest BCUT2D eigenvalue weighted by atomic mass is 14.9. The summed E-state index contributed by atoms with van der Waals surface area (Å²) in [5.41, 5.74) is 7.75. The zero-order valence-corrected chi connectivity index (χ0v) is 11.7. The second-order valence-corrected chi connectivity index (χ2v) is 5.42. The monoisotopic (exact) mass is 252 g/mol. The van der Waals surface area contributed by atoms with Gasteiger partial charge >= 0.3 is 0 Å². The molecule has 19 heavy (non-hydrogen) atoms. The van der Waals surface area contributed by atoms with Crippen LogP contribution in [0.1, 0.15) is 35.2 Å². The number of anilines is 2. The molecule has 0 saturated heterocycles. The van der Waals surface area contributed by atoms with Crippen LogP contribution in [0.2, 0.25) is 0 Å². The molecule has 0 aliphatic heterocycles. The zero-order valence-electron chi connectivity index (χ0n) is 11.7. The summed E-state index contributed by atoms with van der Waals surface area (Å²) in [7, 11) is 0. The third-order valence-corrected chi connectivity index (χ3v) is 3.91. The van der Waals surface area contributed by atoms with Gasteiger partial charge in [0.2, 0.25) is 0 Å². The van der Waals surface area contributed by atoms with Crippen LogP contribution in [0, 0.1) is 13.8 Å². The Balaban J connectivity index is 1.97. The van der Waals surface area contributed by atoms with Crippen LogP contribution in [0.25, 0.3) is 0 Å². The third-order valence-electron chi connectivity index (χ3n) is 3.91. The highest BCUT2D eigenvalue weighted by Crippen LogP contribution is 2.31. The fourth-order valence-electron chi connectivity index (χ4n) is 2.91. The average molecular weight is 252 g/mol. The minimum atomic E-state index is 1.15. The molecule has 2 aromatic rings. The van der Waals surface area contributed by atoms with Gasteiger partial charge < -0.3 is 5.32 Å². The van der Waals surface area contributed by atoms with Gasteiger partial charge in [0.25, 0.3) is 0 Å². The van der Waals surface area contributed by atoms with Crippen LogP contribution in [-0.2, 0) is 12.8 Å². The highest BCUT2D eigenvalue weighted by Gasteiger charge is 2.16. The first kappa shape index (κ1) is 12.2. The summed E-state index contributed by atoms with van der Waals surface area (Å²) in [6.45, 7) is 4.24. The van der Waals surface area contributed by atoms with E-state index in [4.69, 9.17) is 0 Å². The predicted molar refractivity (Wildman–Crippen MR) is 80.1 cm³/mol. The molecule has 0 atom stereocenters. The Morgan fingerprint density at radius 1 is 1.05 bits per heavy atom. The Hall–Kier alpha value is -1.83. The Labute approximate surface area is 114 Å². The summed E-state index contributed by atoms with van der Waals surface area (Å²) in [6, 6.07) is 8.50. The van der Waals surface area contributed by atoms with E-state index in [1.165, 1.54) is 53.8 Å². The number of nitrogens with one attached hydrogen (secondary N) is 1. The van der Waals surface area contributed by atoms with Crippen molar-refractivity contribution in [2.45, 2.75) is 39.5 Å². The van der Waals surface area contributed by atoms with Gasteiger partial charge in [0.15, 0.2) is 0 Å². The number of aryl methyl sites for hydroxylation is 2. The lowest BCUT2D eigenvalue weighted by Crippen LogP contribution is -2.09. The van der Waals surface area contributed by atoms with E-state index in [1.54, 1.807) is 0 Å². The molecule has 98 valence electrons. The molecule has 0 bridgehead atoms. The van der Waals surface area contributed by atoms with Gasteiger partial charge in [-0.2, -0.15) is 0 Å². The van der Waals surface area contributed by atoms with E-state index >= 15 is 0 Å². The fraction of sp³-hybridized carbons (Fsp3) is 0.353. The van der Waals surface area contributed by atoms with E-state index < -0.39 is 0 Å². The second kappa shape index (κ2) is 5.04. The molecule has 1 N–H and O–H groups in total. The summed E-state index contributed by atoms with van der Waals surface area (Å²) in [4.78, 5) is 4.55. The van der Waals surface area contributed by atoms with Crippen molar-refractivity contribution in [3.05, 3.63) is 52.8 Å². The van der Waals surface area contributed by atoms with E-state index in [-0.39, 0.29) is 0 Å². The summed E-state index contributed by atoms with van der Waals surface area (Å²) in [5.74, 6) is 0. The molecule has 0 amide bonds. The van der Waals surface area contributed by atoms with Crippen molar-refractivity contribution in [1.29, 1.82) is 0 Å². The number of rotatable bonds is 2. The number of aromatic nitrogens is 1. The lowest BCUT2D eigenvalue weighted by molar-refractivity contribution is 0.678. The highest BCUT2D eigenvalue weighted by molar-refractivity contribution is 5.65. The summed E-state index contributed by atoms with van der Waals surface area (Å²) in [5, 5.41) is 3.54. The van der Waals surface area contributed by atoms with E-state index in [9.17, 15) is 0 Å². The predicted octanol–water partition coefficient (Wildman–Crippen LogP) is 4.32. The quantitative estimate of drug-likeness (QED) is 0.861. The Bertz CT molecular complexity index is 602. The van der Waals surface area contributed by atoms with Crippen molar-refractivity contribution in [3.63, 3.8) is 0 Å². The van der Waals surface area contributed by atoms with Gasteiger partial charge in [-0.1, -0.05) is 12.1 Å². The standard InChI is InChI=1S/C17H20N2/c1-12-6-5-7-14(10-12)19-17-11-18-13(2)15-8-3-4-9-16(15)17/h5-7,10-11,19H,3-4,8-9H2,1-2H3. The van der Waals surface area contributed by atoms with Crippen LogP contribution in [0.5, 0.6) is 0 Å². The lowest BCUT2D eigenvalue weighted by Gasteiger charge is -2.21. The molecule has 2 heteroatoms. The average Bonchev–Trinajstić information content (AvgIpc) is 2.42. The number of fused-ring (bicyclic) bond motifs is 1. The third kappa shape index (κ3) is 2.48. The van der Waals surface area contributed by atoms with Gasteiger partial charge in [0.05, 0.1) is 11.9 Å². The molecule has 0 fully saturated rings. The first-order valence-corrected chi connectivity index (χ1v) is 7.05. The first-order chi connectivity index (χ1) is 9.24. The summed E-state index contributed by atoms with van der Waals surface area (Å²) >= 11 is 0. The molecule has 1 aromatic heterocycles. The fourth-order valence-corrected chi connectivity index (χ4v) is 2.91. The Morgan fingerprint density at radius 3 is 2.63 bits per heavy atom. The Kier molecular flexibility index (Phi) is 3.24. The molecule has 0 unspecified atom stereocenters. The molecule has 1 aromatic carbocycles. The van der Waals surface area contributed by atoms with Gasteiger partial charge in [-0.05, 0) is 68.4 Å². The van der Waals surface area contributed by atoms with Crippen molar-refractivity contribution in [1.82, 2.24) is 4.98 Å². The van der Waals surface area contributed by atoms with Crippen LogP contribution in [0.3, 0.4) is 0 Å². The van der Waals surface area contributed by atoms with Crippen LogP contribution >= 0.6 is 0 Å². The van der Waals surface area contributed by atoms with Crippen molar-refractivity contribution < 1.29 is 0 Å². The number of hydrogen-bond acceptors (Lipinski definition) is 2. The maximum absolute atomic E-state index is 4.55. The van der Waals surface area contributed by atoms with Gasteiger partial charge in [0, 0.05) is 11.4 Å². The van der Waals surface area contributed by atoms with Crippen molar-refractivity contribution in [2.24, 2.45) is 0 Å². The maximum atomic E-state index is 4.55. The molecule has 0 saturated carbocycles. The summed E-state index contributed by atoms with van der Waals surface area (Å²) < 4.78 is 0. The smallest absolute Gasteiger partial charge is 0.0606 e. The molecule has 1 heterocycles. The minimum Gasteiger partial charge on any atom is -0.354 e. The van der Waals surface area contributed by atoms with E-state index in [1.807, 2.05) is 6.20 Å². The molecule has 0 radical (unpaired) electrons. The van der Waals surface area contributed by atoms with Crippen LogP contribution in [0.15, 0.2) is 30.5 Å².